The molecule has 1 aromatic heterocycles. The lowest BCUT2D eigenvalue weighted by Crippen LogP contribution is -2.25. The summed E-state index contributed by atoms with van der Waals surface area (Å²) in [6.45, 7) is 2.72. The van der Waals surface area contributed by atoms with E-state index in [4.69, 9.17) is 4.74 Å². The van der Waals surface area contributed by atoms with E-state index in [-0.39, 0.29) is 11.8 Å². The van der Waals surface area contributed by atoms with Gasteiger partial charge in [-0.2, -0.15) is 0 Å². The van der Waals surface area contributed by atoms with Crippen LogP contribution in [0.25, 0.3) is 0 Å². The fourth-order valence-electron chi connectivity index (χ4n) is 2.31. The predicted octanol–water partition coefficient (Wildman–Crippen LogP) is 3.26. The molecule has 0 fully saturated rings. The van der Waals surface area contributed by atoms with E-state index < -0.39 is 0 Å². The highest BCUT2D eigenvalue weighted by Gasteiger charge is 2.13. The average molecular weight is 341 g/mol. The Balaban J connectivity index is 2.04. The summed E-state index contributed by atoms with van der Waals surface area (Å²) in [6, 6.07) is 8.66. The van der Waals surface area contributed by atoms with Gasteiger partial charge in [-0.1, -0.05) is 31.9 Å². The third-order valence-corrected chi connectivity index (χ3v) is 3.68. The first kappa shape index (κ1) is 18.4. The van der Waals surface area contributed by atoms with Crippen LogP contribution in [0, 0.1) is 0 Å². The molecule has 0 unspecified atom stereocenters. The molecule has 0 saturated carbocycles. The molecule has 132 valence electrons. The van der Waals surface area contributed by atoms with Crippen LogP contribution in [0.4, 0.5) is 5.69 Å². The second kappa shape index (κ2) is 9.42. The molecule has 6 nitrogen and oxygen atoms in total. The van der Waals surface area contributed by atoms with Crippen LogP contribution < -0.4 is 15.4 Å². The maximum atomic E-state index is 12.4. The number of hydrogen-bond donors (Lipinski definition) is 2. The Labute approximate surface area is 147 Å². The highest BCUT2D eigenvalue weighted by Crippen LogP contribution is 2.23. The summed E-state index contributed by atoms with van der Waals surface area (Å²) >= 11 is 0. The summed E-state index contributed by atoms with van der Waals surface area (Å²) in [5.41, 5.74) is 1.24. The highest BCUT2D eigenvalue weighted by atomic mass is 16.5. The zero-order valence-electron chi connectivity index (χ0n) is 14.5. The van der Waals surface area contributed by atoms with Gasteiger partial charge in [0.1, 0.15) is 5.75 Å². The number of hydrogen-bond acceptors (Lipinski definition) is 4. The first-order chi connectivity index (χ1) is 12.2. The van der Waals surface area contributed by atoms with E-state index in [2.05, 4.69) is 22.5 Å². The largest absolute Gasteiger partial charge is 0.495 e. The third-order valence-electron chi connectivity index (χ3n) is 3.68. The first-order valence-corrected chi connectivity index (χ1v) is 8.33. The summed E-state index contributed by atoms with van der Waals surface area (Å²) in [4.78, 5) is 28.6. The SMILES string of the molecule is CCCCCNC(=O)c1cncc(C(=O)Nc2ccccc2OC)c1. The van der Waals surface area contributed by atoms with Crippen molar-refractivity contribution in [3.63, 3.8) is 0 Å². The molecule has 0 radical (unpaired) electrons. The number of nitrogens with zero attached hydrogens (tertiary/aromatic N) is 1. The molecule has 0 aliphatic carbocycles. The molecule has 0 saturated heterocycles. The molecule has 2 N–H and O–H groups in total. The zero-order valence-corrected chi connectivity index (χ0v) is 14.5. The van der Waals surface area contributed by atoms with Gasteiger partial charge in [0.2, 0.25) is 0 Å². The molecule has 1 aromatic carbocycles. The van der Waals surface area contributed by atoms with Crippen molar-refractivity contribution in [2.24, 2.45) is 0 Å². The van der Waals surface area contributed by atoms with Crippen molar-refractivity contribution in [3.05, 3.63) is 53.9 Å². The van der Waals surface area contributed by atoms with Crippen LogP contribution >= 0.6 is 0 Å². The van der Waals surface area contributed by atoms with Crippen molar-refractivity contribution in [3.8, 4) is 5.75 Å². The Morgan fingerprint density at radius 1 is 1.08 bits per heavy atom. The Hall–Kier alpha value is -2.89. The quantitative estimate of drug-likeness (QED) is 0.722. The van der Waals surface area contributed by atoms with Gasteiger partial charge in [0.25, 0.3) is 11.8 Å². The fraction of sp³-hybridized carbons (Fsp3) is 0.316. The molecule has 0 spiro atoms. The minimum Gasteiger partial charge on any atom is -0.495 e. The molecular formula is C19H23N3O3. The molecule has 2 aromatic rings. The van der Waals surface area contributed by atoms with Gasteiger partial charge < -0.3 is 15.4 Å². The van der Waals surface area contributed by atoms with Crippen molar-refractivity contribution in [2.75, 3.05) is 19.0 Å². The van der Waals surface area contributed by atoms with Crippen LogP contribution in [0.2, 0.25) is 0 Å². The van der Waals surface area contributed by atoms with E-state index in [1.807, 2.05) is 6.07 Å². The third kappa shape index (κ3) is 5.31. The molecule has 0 atom stereocenters. The summed E-state index contributed by atoms with van der Waals surface area (Å²) in [5.74, 6) is -0.0122. The number of carbonyl (C=O) groups excluding carboxylic acids is 2. The van der Waals surface area contributed by atoms with Crippen molar-refractivity contribution in [2.45, 2.75) is 26.2 Å². The van der Waals surface area contributed by atoms with E-state index in [0.29, 0.717) is 29.1 Å². The number of aromatic nitrogens is 1. The van der Waals surface area contributed by atoms with Gasteiger partial charge in [0, 0.05) is 18.9 Å². The van der Waals surface area contributed by atoms with Gasteiger partial charge in [-0.25, -0.2) is 0 Å². The normalized spacial score (nSPS) is 10.2. The maximum Gasteiger partial charge on any atom is 0.257 e. The van der Waals surface area contributed by atoms with E-state index >= 15 is 0 Å². The fourth-order valence-corrected chi connectivity index (χ4v) is 2.31. The Morgan fingerprint density at radius 3 is 2.52 bits per heavy atom. The lowest BCUT2D eigenvalue weighted by atomic mass is 10.1. The van der Waals surface area contributed by atoms with Crippen molar-refractivity contribution in [1.82, 2.24) is 10.3 Å². The lowest BCUT2D eigenvalue weighted by molar-refractivity contribution is 0.0952. The lowest BCUT2D eigenvalue weighted by Gasteiger charge is -2.10. The number of nitrogens with one attached hydrogen (secondary N) is 2. The van der Waals surface area contributed by atoms with E-state index in [9.17, 15) is 9.59 Å². The van der Waals surface area contributed by atoms with Crippen LogP contribution in [0.5, 0.6) is 5.75 Å². The number of rotatable bonds is 8. The van der Waals surface area contributed by atoms with Crippen LogP contribution in [-0.2, 0) is 0 Å². The number of amides is 2. The number of pyridine rings is 1. The summed E-state index contributed by atoms with van der Waals surface area (Å²) < 4.78 is 5.21. The molecule has 0 aliphatic rings. The Kier molecular flexibility index (Phi) is 6.95. The zero-order chi connectivity index (χ0) is 18.1. The van der Waals surface area contributed by atoms with E-state index in [1.54, 1.807) is 18.2 Å². The monoisotopic (exact) mass is 341 g/mol. The van der Waals surface area contributed by atoms with Gasteiger partial charge in [0.05, 0.1) is 23.9 Å². The minimum atomic E-state index is -0.349. The minimum absolute atomic E-state index is 0.226. The molecule has 2 amide bonds. The molecule has 2 rings (SSSR count). The second-order valence-corrected chi connectivity index (χ2v) is 5.58. The Morgan fingerprint density at radius 2 is 1.80 bits per heavy atom. The maximum absolute atomic E-state index is 12.4. The number of benzene rings is 1. The molecular weight excluding hydrogens is 318 g/mol. The standard InChI is InChI=1S/C19H23N3O3/c1-3-4-7-10-21-18(23)14-11-15(13-20-12-14)19(24)22-16-8-5-6-9-17(16)25-2/h5-6,8-9,11-13H,3-4,7,10H2,1-2H3,(H,21,23)(H,22,24). The van der Waals surface area contributed by atoms with E-state index in [0.717, 1.165) is 19.3 Å². The summed E-state index contributed by atoms with van der Waals surface area (Å²) in [5, 5.41) is 5.61. The second-order valence-electron chi connectivity index (χ2n) is 5.58. The molecule has 0 aliphatic heterocycles. The van der Waals surface area contributed by atoms with Gasteiger partial charge in [-0.05, 0) is 24.6 Å². The molecule has 25 heavy (non-hydrogen) atoms. The number of ether oxygens (including phenoxy) is 1. The number of carbonyl (C=O) groups is 2. The van der Waals surface area contributed by atoms with Crippen LogP contribution in [0.15, 0.2) is 42.7 Å². The van der Waals surface area contributed by atoms with Crippen LogP contribution in [0.1, 0.15) is 46.9 Å². The van der Waals surface area contributed by atoms with Crippen molar-refractivity contribution < 1.29 is 14.3 Å². The smallest absolute Gasteiger partial charge is 0.257 e. The van der Waals surface area contributed by atoms with Crippen LogP contribution in [-0.4, -0.2) is 30.5 Å². The Bertz CT molecular complexity index is 731. The van der Waals surface area contributed by atoms with E-state index in [1.165, 1.54) is 25.6 Å². The number of anilines is 1. The average Bonchev–Trinajstić information content (AvgIpc) is 2.65. The topological polar surface area (TPSA) is 80.3 Å². The first-order valence-electron chi connectivity index (χ1n) is 8.33. The predicted molar refractivity (Wildman–Crippen MR) is 97.0 cm³/mol. The molecule has 6 heteroatoms. The highest BCUT2D eigenvalue weighted by molar-refractivity contribution is 6.06. The molecule has 0 bridgehead atoms. The van der Waals surface area contributed by atoms with Gasteiger partial charge in [-0.3, -0.25) is 14.6 Å². The number of unbranched alkanes of at least 4 members (excludes halogenated alkanes) is 2. The number of para-hydroxylation sites is 2. The molecule has 1 heterocycles. The van der Waals surface area contributed by atoms with Gasteiger partial charge in [0.15, 0.2) is 0 Å². The van der Waals surface area contributed by atoms with Gasteiger partial charge in [-0.15, -0.1) is 0 Å². The van der Waals surface area contributed by atoms with Gasteiger partial charge >= 0.3 is 0 Å². The summed E-state index contributed by atoms with van der Waals surface area (Å²) in [6.07, 6.45) is 5.98. The summed E-state index contributed by atoms with van der Waals surface area (Å²) in [7, 11) is 1.54. The van der Waals surface area contributed by atoms with Crippen LogP contribution in [0.3, 0.4) is 0 Å². The van der Waals surface area contributed by atoms with Crippen molar-refractivity contribution >= 4 is 17.5 Å². The number of methoxy groups -OCH3 is 1. The van der Waals surface area contributed by atoms with Crippen molar-refractivity contribution in [1.29, 1.82) is 0 Å².